The highest BCUT2D eigenvalue weighted by atomic mass is 32.2. The summed E-state index contributed by atoms with van der Waals surface area (Å²) in [6.07, 6.45) is 4.87. The van der Waals surface area contributed by atoms with E-state index < -0.39 is 15.4 Å². The number of hydrogen-bond acceptors (Lipinski definition) is 4. The van der Waals surface area contributed by atoms with Crippen molar-refractivity contribution in [1.82, 2.24) is 4.90 Å². The van der Waals surface area contributed by atoms with E-state index in [0.717, 1.165) is 37.8 Å². The first-order valence-electron chi connectivity index (χ1n) is 11.1. The van der Waals surface area contributed by atoms with Crippen LogP contribution in [0, 0.1) is 22.7 Å². The van der Waals surface area contributed by atoms with Crippen molar-refractivity contribution < 1.29 is 18.0 Å². The molecule has 7 heteroatoms. The quantitative estimate of drug-likeness (QED) is 0.778. The van der Waals surface area contributed by atoms with Gasteiger partial charge in [0.1, 0.15) is 5.78 Å². The van der Waals surface area contributed by atoms with Crippen LogP contribution in [0.5, 0.6) is 0 Å². The molecule has 1 aromatic carbocycles. The van der Waals surface area contributed by atoms with E-state index in [4.69, 9.17) is 0 Å². The number of amides is 1. The number of carbonyl (C=O) groups is 2. The minimum atomic E-state index is -3.68. The van der Waals surface area contributed by atoms with Crippen LogP contribution < -0.4 is 4.72 Å². The summed E-state index contributed by atoms with van der Waals surface area (Å²) in [7, 11) is -3.68. The molecule has 2 unspecified atom stereocenters. The molecule has 0 aromatic heterocycles. The normalized spacial score (nSPS) is 29.7. The number of Topliss-reactive ketones (excluding diaryl/α,β-unsaturated/α-hetero) is 1. The fraction of sp³-hybridized carbons (Fsp3) is 0.652. The van der Waals surface area contributed by atoms with Crippen molar-refractivity contribution in [3.8, 4) is 0 Å². The number of carbonyl (C=O) groups excluding carboxylic acids is 2. The number of sulfonamides is 1. The summed E-state index contributed by atoms with van der Waals surface area (Å²) in [4.78, 5) is 27.0. The van der Waals surface area contributed by atoms with Gasteiger partial charge in [0.05, 0.1) is 11.2 Å². The number of nitrogens with one attached hydrogen (secondary N) is 1. The molecule has 5 rings (SSSR count). The van der Waals surface area contributed by atoms with Crippen molar-refractivity contribution in [2.75, 3.05) is 17.0 Å². The second-order valence-electron chi connectivity index (χ2n) is 10.3. The lowest BCUT2D eigenvalue weighted by Gasteiger charge is -2.36. The lowest BCUT2D eigenvalue weighted by atomic mass is 9.70. The minimum Gasteiger partial charge on any atom is -0.338 e. The van der Waals surface area contributed by atoms with Crippen LogP contribution in [0.4, 0.5) is 5.69 Å². The van der Waals surface area contributed by atoms with Crippen LogP contribution in [0.1, 0.15) is 57.1 Å². The molecule has 162 valence electrons. The Morgan fingerprint density at radius 3 is 2.60 bits per heavy atom. The average Bonchev–Trinajstić information content (AvgIpc) is 3.47. The molecule has 1 amide bonds. The zero-order valence-electron chi connectivity index (χ0n) is 17.7. The first kappa shape index (κ1) is 20.0. The molecule has 6 nitrogen and oxygen atoms in total. The van der Waals surface area contributed by atoms with E-state index in [1.807, 2.05) is 17.0 Å². The molecule has 0 radical (unpaired) electrons. The Kier molecular flexibility index (Phi) is 4.38. The third-order valence-electron chi connectivity index (χ3n) is 8.31. The predicted molar refractivity (Wildman–Crippen MR) is 114 cm³/mol. The number of ketones is 1. The highest BCUT2D eigenvalue weighted by Crippen LogP contribution is 2.64. The molecule has 3 aliphatic carbocycles. The van der Waals surface area contributed by atoms with Crippen molar-refractivity contribution in [1.29, 1.82) is 0 Å². The largest absolute Gasteiger partial charge is 0.338 e. The molecule has 1 heterocycles. The Morgan fingerprint density at radius 2 is 1.97 bits per heavy atom. The van der Waals surface area contributed by atoms with Gasteiger partial charge in [0.2, 0.25) is 15.9 Å². The maximum atomic E-state index is 13.1. The summed E-state index contributed by atoms with van der Waals surface area (Å²) in [6.45, 7) is 5.37. The summed E-state index contributed by atoms with van der Waals surface area (Å²) < 4.78 is 28.9. The van der Waals surface area contributed by atoms with Gasteiger partial charge in [-0.3, -0.25) is 14.3 Å². The second-order valence-corrected chi connectivity index (χ2v) is 12.0. The first-order valence-corrected chi connectivity index (χ1v) is 12.7. The fourth-order valence-electron chi connectivity index (χ4n) is 6.05. The van der Waals surface area contributed by atoms with Crippen molar-refractivity contribution in [3.63, 3.8) is 0 Å². The number of anilines is 1. The van der Waals surface area contributed by atoms with Gasteiger partial charge in [-0.1, -0.05) is 19.9 Å². The van der Waals surface area contributed by atoms with Crippen LogP contribution in [-0.4, -0.2) is 37.3 Å². The van der Waals surface area contributed by atoms with E-state index in [1.165, 1.54) is 5.56 Å². The molecule has 1 N–H and O–H groups in total. The van der Waals surface area contributed by atoms with Crippen molar-refractivity contribution in [2.24, 2.45) is 22.7 Å². The van der Waals surface area contributed by atoms with Crippen molar-refractivity contribution >= 4 is 27.4 Å². The van der Waals surface area contributed by atoms with Crippen LogP contribution in [0.2, 0.25) is 0 Å². The van der Waals surface area contributed by atoms with E-state index in [9.17, 15) is 18.0 Å². The van der Waals surface area contributed by atoms with Gasteiger partial charge in [0.15, 0.2) is 0 Å². The van der Waals surface area contributed by atoms with Crippen LogP contribution in [0.3, 0.4) is 0 Å². The van der Waals surface area contributed by atoms with Gasteiger partial charge in [-0.15, -0.1) is 0 Å². The number of nitrogens with zero attached hydrogens (tertiary/aromatic N) is 1. The van der Waals surface area contributed by atoms with E-state index in [0.29, 0.717) is 31.0 Å². The molecule has 30 heavy (non-hydrogen) atoms. The second kappa shape index (κ2) is 6.55. The van der Waals surface area contributed by atoms with E-state index in [2.05, 4.69) is 18.6 Å². The average molecular weight is 431 g/mol. The summed E-state index contributed by atoms with van der Waals surface area (Å²) in [5.41, 5.74) is 1.64. The molecular weight excluding hydrogens is 400 g/mol. The van der Waals surface area contributed by atoms with Gasteiger partial charge in [-0.05, 0) is 66.7 Å². The lowest BCUT2D eigenvalue weighted by Crippen LogP contribution is -2.43. The van der Waals surface area contributed by atoms with Crippen LogP contribution in [0.15, 0.2) is 18.2 Å². The maximum Gasteiger partial charge on any atom is 0.233 e. The summed E-state index contributed by atoms with van der Waals surface area (Å²) in [5.74, 6) is 0.664. The molecule has 4 aliphatic rings. The van der Waals surface area contributed by atoms with Gasteiger partial charge in [0.25, 0.3) is 0 Å². The molecule has 0 spiro atoms. The zero-order chi connectivity index (χ0) is 21.3. The Hall–Kier alpha value is -1.89. The van der Waals surface area contributed by atoms with Crippen molar-refractivity contribution in [2.45, 2.75) is 58.9 Å². The van der Waals surface area contributed by atoms with E-state index >= 15 is 0 Å². The monoisotopic (exact) mass is 430 g/mol. The smallest absolute Gasteiger partial charge is 0.233 e. The minimum absolute atomic E-state index is 0.105. The molecule has 2 bridgehead atoms. The van der Waals surface area contributed by atoms with Gasteiger partial charge < -0.3 is 4.90 Å². The first-order chi connectivity index (χ1) is 14.1. The van der Waals surface area contributed by atoms with Crippen LogP contribution in [0.25, 0.3) is 0 Å². The Labute approximate surface area is 178 Å². The fourth-order valence-corrected chi connectivity index (χ4v) is 7.93. The predicted octanol–water partition coefficient (Wildman–Crippen LogP) is 3.12. The molecule has 1 aromatic rings. The SMILES string of the molecule is CC1(C)C2CCC1(CS(=O)(=O)Nc1ccc3c(c1)CN(C(=O)C1CC1)CC3)C(=O)C2. The topological polar surface area (TPSA) is 83.6 Å². The van der Waals surface area contributed by atoms with Gasteiger partial charge in [0, 0.05) is 31.1 Å². The van der Waals surface area contributed by atoms with E-state index in [-0.39, 0.29) is 28.8 Å². The molecule has 2 atom stereocenters. The molecule has 3 saturated carbocycles. The highest BCUT2D eigenvalue weighted by Gasteiger charge is 2.65. The Morgan fingerprint density at radius 1 is 1.20 bits per heavy atom. The standard InChI is InChI=1S/C23H30N2O4S/c1-22(2)18-7-9-23(22,20(26)12-18)14-30(28,29)24-19-6-5-15-8-10-25(13-17(15)11-19)21(27)16-3-4-16/h5-6,11,16,18,24H,3-4,7-10,12-14H2,1-2H3. The summed E-state index contributed by atoms with van der Waals surface area (Å²) in [6, 6.07) is 5.61. The Balaban J connectivity index is 1.34. The maximum absolute atomic E-state index is 13.1. The molecule has 1 aliphatic heterocycles. The highest BCUT2D eigenvalue weighted by molar-refractivity contribution is 7.92. The number of fused-ring (bicyclic) bond motifs is 3. The lowest BCUT2D eigenvalue weighted by molar-refractivity contribution is -0.133. The van der Waals surface area contributed by atoms with Gasteiger partial charge in [-0.25, -0.2) is 8.42 Å². The van der Waals surface area contributed by atoms with Gasteiger partial charge in [-0.2, -0.15) is 0 Å². The number of benzene rings is 1. The zero-order valence-corrected chi connectivity index (χ0v) is 18.6. The Bertz CT molecular complexity index is 1030. The van der Waals surface area contributed by atoms with Crippen LogP contribution in [-0.2, 0) is 32.6 Å². The van der Waals surface area contributed by atoms with Crippen molar-refractivity contribution in [3.05, 3.63) is 29.3 Å². The van der Waals surface area contributed by atoms with Crippen LogP contribution >= 0.6 is 0 Å². The number of rotatable bonds is 5. The molecule has 0 saturated heterocycles. The van der Waals surface area contributed by atoms with E-state index in [1.54, 1.807) is 6.07 Å². The summed E-state index contributed by atoms with van der Waals surface area (Å²) >= 11 is 0. The molecule has 3 fully saturated rings. The number of hydrogen-bond donors (Lipinski definition) is 1. The molecular formula is C23H30N2O4S. The third-order valence-corrected chi connectivity index (χ3v) is 9.73. The third kappa shape index (κ3) is 3.08. The summed E-state index contributed by atoms with van der Waals surface area (Å²) in [5, 5.41) is 0. The van der Waals surface area contributed by atoms with Gasteiger partial charge >= 0.3 is 0 Å².